The molecule has 21 heavy (non-hydrogen) atoms. The summed E-state index contributed by atoms with van der Waals surface area (Å²) in [4.78, 5) is 24.0. The Morgan fingerprint density at radius 3 is 2.76 bits per heavy atom. The topological polar surface area (TPSA) is 84.7 Å². The highest BCUT2D eigenvalue weighted by Crippen LogP contribution is 2.27. The van der Waals surface area contributed by atoms with Crippen LogP contribution in [-0.4, -0.2) is 56.1 Å². The van der Waals surface area contributed by atoms with E-state index in [0.717, 1.165) is 6.54 Å². The lowest BCUT2D eigenvalue weighted by Gasteiger charge is -2.10. The van der Waals surface area contributed by atoms with Crippen LogP contribution < -0.4 is 5.32 Å². The summed E-state index contributed by atoms with van der Waals surface area (Å²) in [5, 5.41) is 13.2. The zero-order valence-corrected chi connectivity index (χ0v) is 12.7. The van der Waals surface area contributed by atoms with Gasteiger partial charge in [0.2, 0.25) is 0 Å². The number of nitro groups is 1. The first-order valence-corrected chi connectivity index (χ1v) is 6.75. The first-order chi connectivity index (χ1) is 9.93. The van der Waals surface area contributed by atoms with E-state index in [2.05, 4.69) is 5.32 Å². The van der Waals surface area contributed by atoms with Gasteiger partial charge in [-0.15, -0.1) is 0 Å². The van der Waals surface area contributed by atoms with E-state index in [9.17, 15) is 14.9 Å². The van der Waals surface area contributed by atoms with Gasteiger partial charge in [0.25, 0.3) is 11.6 Å². The molecule has 0 saturated heterocycles. The molecule has 0 heterocycles. The number of hydrogen-bond acceptors (Lipinski definition) is 5. The molecule has 1 N–H and O–H groups in total. The maximum atomic E-state index is 11.9. The van der Waals surface area contributed by atoms with Crippen LogP contribution in [0.4, 0.5) is 5.69 Å². The van der Waals surface area contributed by atoms with E-state index in [1.807, 2.05) is 19.0 Å². The van der Waals surface area contributed by atoms with E-state index < -0.39 is 10.8 Å². The molecule has 7 nitrogen and oxygen atoms in total. The number of likely N-dealkylation sites (N-methyl/N-ethyl adjacent to an activating group) is 1. The molecule has 0 bridgehead atoms. The Labute approximate surface area is 128 Å². The highest BCUT2D eigenvalue weighted by Gasteiger charge is 2.19. The molecule has 0 fully saturated rings. The summed E-state index contributed by atoms with van der Waals surface area (Å²) in [7, 11) is 3.88. The number of halogens is 1. The third-order valence-electron chi connectivity index (χ3n) is 2.63. The predicted molar refractivity (Wildman–Crippen MR) is 79.8 cm³/mol. The van der Waals surface area contributed by atoms with Crippen molar-refractivity contribution in [3.63, 3.8) is 0 Å². The Morgan fingerprint density at radius 2 is 2.14 bits per heavy atom. The molecule has 0 spiro atoms. The first kappa shape index (κ1) is 17.4. The number of amides is 1. The molecule has 116 valence electrons. The second-order valence-corrected chi connectivity index (χ2v) is 4.95. The lowest BCUT2D eigenvalue weighted by molar-refractivity contribution is -0.384. The molecule has 0 aliphatic carbocycles. The number of ether oxygens (including phenoxy) is 1. The van der Waals surface area contributed by atoms with Crippen LogP contribution in [0.25, 0.3) is 0 Å². The predicted octanol–water partition coefficient (Wildman–Crippen LogP) is 1.56. The van der Waals surface area contributed by atoms with E-state index in [0.29, 0.717) is 19.8 Å². The fraction of sp³-hybridized carbons (Fsp3) is 0.462. The van der Waals surface area contributed by atoms with Crippen molar-refractivity contribution in [2.24, 2.45) is 0 Å². The largest absolute Gasteiger partial charge is 0.378 e. The monoisotopic (exact) mass is 315 g/mol. The van der Waals surface area contributed by atoms with Crippen molar-refractivity contribution >= 4 is 23.2 Å². The number of nitro benzene ring substituents is 1. The molecule has 0 unspecified atom stereocenters. The van der Waals surface area contributed by atoms with Gasteiger partial charge in [0, 0.05) is 19.2 Å². The van der Waals surface area contributed by atoms with Crippen LogP contribution in [0.1, 0.15) is 10.4 Å². The molecular weight excluding hydrogens is 298 g/mol. The van der Waals surface area contributed by atoms with E-state index in [-0.39, 0.29) is 16.3 Å². The lowest BCUT2D eigenvalue weighted by atomic mass is 10.2. The normalized spacial score (nSPS) is 10.7. The van der Waals surface area contributed by atoms with Crippen molar-refractivity contribution in [1.29, 1.82) is 0 Å². The van der Waals surface area contributed by atoms with Crippen molar-refractivity contribution in [3.8, 4) is 0 Å². The van der Waals surface area contributed by atoms with Crippen LogP contribution in [0.2, 0.25) is 5.02 Å². The van der Waals surface area contributed by atoms with Gasteiger partial charge in [0.1, 0.15) is 5.02 Å². The van der Waals surface area contributed by atoms with E-state index in [1.165, 1.54) is 18.2 Å². The summed E-state index contributed by atoms with van der Waals surface area (Å²) in [5.74, 6) is -0.458. The minimum atomic E-state index is -0.622. The molecule has 0 aliphatic rings. The Kier molecular flexibility index (Phi) is 7.07. The van der Waals surface area contributed by atoms with E-state index in [4.69, 9.17) is 16.3 Å². The van der Waals surface area contributed by atoms with Gasteiger partial charge in [0.05, 0.1) is 23.7 Å². The summed E-state index contributed by atoms with van der Waals surface area (Å²) in [6, 6.07) is 4.12. The van der Waals surface area contributed by atoms with Gasteiger partial charge in [0.15, 0.2) is 0 Å². The highest BCUT2D eigenvalue weighted by atomic mass is 35.5. The van der Waals surface area contributed by atoms with Gasteiger partial charge >= 0.3 is 0 Å². The van der Waals surface area contributed by atoms with Gasteiger partial charge < -0.3 is 15.0 Å². The lowest BCUT2D eigenvalue weighted by Crippen LogP contribution is -2.28. The van der Waals surface area contributed by atoms with E-state index >= 15 is 0 Å². The summed E-state index contributed by atoms with van der Waals surface area (Å²) < 4.78 is 5.33. The summed E-state index contributed by atoms with van der Waals surface area (Å²) in [6.07, 6.45) is 0. The van der Waals surface area contributed by atoms with Crippen molar-refractivity contribution in [2.45, 2.75) is 0 Å². The van der Waals surface area contributed by atoms with Crippen LogP contribution in [0.15, 0.2) is 18.2 Å². The molecule has 0 aromatic heterocycles. The number of benzene rings is 1. The summed E-state index contributed by atoms with van der Waals surface area (Å²) >= 11 is 5.86. The fourth-order valence-electron chi connectivity index (χ4n) is 1.52. The molecule has 1 amide bonds. The fourth-order valence-corrected chi connectivity index (χ4v) is 1.80. The van der Waals surface area contributed by atoms with Crippen LogP contribution in [0.5, 0.6) is 0 Å². The summed E-state index contributed by atoms with van der Waals surface area (Å²) in [5.41, 5.74) is -0.203. The van der Waals surface area contributed by atoms with Gasteiger partial charge in [-0.3, -0.25) is 14.9 Å². The molecule has 0 saturated carbocycles. The van der Waals surface area contributed by atoms with Crippen LogP contribution in [-0.2, 0) is 4.74 Å². The molecule has 1 rings (SSSR count). The van der Waals surface area contributed by atoms with Crippen LogP contribution >= 0.6 is 11.6 Å². The van der Waals surface area contributed by atoms with Crippen molar-refractivity contribution in [2.75, 3.05) is 40.4 Å². The number of carbonyl (C=O) groups excluding carboxylic acids is 1. The average molecular weight is 316 g/mol. The minimum Gasteiger partial charge on any atom is -0.378 e. The Morgan fingerprint density at radius 1 is 1.43 bits per heavy atom. The molecule has 1 aromatic rings. The Hall–Kier alpha value is -1.70. The molecule has 0 atom stereocenters. The quantitative estimate of drug-likeness (QED) is 0.447. The molecule has 1 aromatic carbocycles. The SMILES string of the molecule is CN(C)CCOCCNC(=O)c1cccc([N+](=O)[O-])c1Cl. The van der Waals surface area contributed by atoms with E-state index in [1.54, 1.807) is 0 Å². The van der Waals surface area contributed by atoms with Crippen molar-refractivity contribution in [1.82, 2.24) is 10.2 Å². The average Bonchev–Trinajstić information content (AvgIpc) is 2.42. The number of nitrogens with one attached hydrogen (secondary N) is 1. The third kappa shape index (κ3) is 5.66. The molecule has 0 radical (unpaired) electrons. The molecule has 0 aliphatic heterocycles. The van der Waals surface area contributed by atoms with Gasteiger partial charge in [-0.05, 0) is 20.2 Å². The maximum Gasteiger partial charge on any atom is 0.288 e. The minimum absolute atomic E-state index is 0.0826. The second kappa shape index (κ2) is 8.56. The number of carbonyl (C=O) groups is 1. The van der Waals surface area contributed by atoms with Crippen LogP contribution in [0.3, 0.4) is 0 Å². The maximum absolute atomic E-state index is 11.9. The van der Waals surface area contributed by atoms with Crippen LogP contribution in [0, 0.1) is 10.1 Å². The zero-order chi connectivity index (χ0) is 15.8. The first-order valence-electron chi connectivity index (χ1n) is 6.37. The summed E-state index contributed by atoms with van der Waals surface area (Å²) in [6.45, 7) is 2.04. The standard InChI is InChI=1S/C13H18ClN3O4/c1-16(2)7-9-21-8-6-15-13(18)10-4-3-5-11(12(10)14)17(19)20/h3-5H,6-9H2,1-2H3,(H,15,18). The Balaban J connectivity index is 2.46. The number of nitrogens with zero attached hydrogens (tertiary/aromatic N) is 2. The van der Waals surface area contributed by atoms with Crippen molar-refractivity contribution < 1.29 is 14.5 Å². The molecule has 8 heteroatoms. The van der Waals surface area contributed by atoms with Gasteiger partial charge in [-0.2, -0.15) is 0 Å². The highest BCUT2D eigenvalue weighted by molar-refractivity contribution is 6.35. The van der Waals surface area contributed by atoms with Gasteiger partial charge in [-0.1, -0.05) is 17.7 Å². The number of hydrogen-bond donors (Lipinski definition) is 1. The van der Waals surface area contributed by atoms with Crippen molar-refractivity contribution in [3.05, 3.63) is 38.9 Å². The zero-order valence-electron chi connectivity index (χ0n) is 12.0. The number of rotatable bonds is 8. The smallest absolute Gasteiger partial charge is 0.288 e. The third-order valence-corrected chi connectivity index (χ3v) is 3.03. The Bertz CT molecular complexity index is 508. The molecular formula is C13H18ClN3O4. The second-order valence-electron chi connectivity index (χ2n) is 4.57. The van der Waals surface area contributed by atoms with Gasteiger partial charge in [-0.25, -0.2) is 0 Å².